The molecule has 6 heterocycles. The summed E-state index contributed by atoms with van der Waals surface area (Å²) in [5.74, 6) is 1.44. The molecule has 10 rings (SSSR count). The maximum absolute atomic E-state index is 6.70. The normalized spacial score (nSPS) is 11.8. The fraction of sp³-hybridized carbons (Fsp3) is 0. The first kappa shape index (κ1) is 26.7. The van der Waals surface area contributed by atoms with E-state index in [1.54, 1.807) is 36.1 Å². The van der Waals surface area contributed by atoms with Gasteiger partial charge in [-0.25, -0.2) is 0 Å². The average Bonchev–Trinajstić information content (AvgIpc) is 3.94. The summed E-state index contributed by atoms with van der Waals surface area (Å²) in [6, 6.07) is 33.0. The summed E-state index contributed by atoms with van der Waals surface area (Å²) in [6.07, 6.45) is 8.60. The van der Waals surface area contributed by atoms with Gasteiger partial charge in [0.2, 0.25) is 0 Å². The Morgan fingerprint density at radius 2 is 1.56 bits per heavy atom. The Labute approximate surface area is 276 Å². The molecule has 0 aliphatic heterocycles. The highest BCUT2D eigenvalue weighted by Crippen LogP contribution is 2.52. The van der Waals surface area contributed by atoms with Gasteiger partial charge in [-0.15, -0.1) is 21.5 Å². The van der Waals surface area contributed by atoms with Crippen LogP contribution in [0.5, 0.6) is 0 Å². The van der Waals surface area contributed by atoms with Gasteiger partial charge in [0.25, 0.3) is 0 Å². The van der Waals surface area contributed by atoms with Gasteiger partial charge >= 0.3 is 0 Å². The van der Waals surface area contributed by atoms with Gasteiger partial charge in [-0.2, -0.15) is 0 Å². The zero-order chi connectivity index (χ0) is 31.6. The smallest absolute Gasteiger partial charge is 0.144 e. The second-order valence-corrected chi connectivity index (χ2v) is 12.6. The fourth-order valence-electron chi connectivity index (χ4n) is 6.70. The van der Waals surface area contributed by atoms with E-state index in [2.05, 4.69) is 86.0 Å². The number of rotatable bonds is 5. The van der Waals surface area contributed by atoms with Crippen LogP contribution in [0.25, 0.3) is 98.5 Å². The lowest BCUT2D eigenvalue weighted by atomic mass is 9.89. The molecule has 0 radical (unpaired) electrons. The molecule has 0 unspecified atom stereocenters. The van der Waals surface area contributed by atoms with Crippen molar-refractivity contribution in [3.63, 3.8) is 0 Å². The first-order valence-electron chi connectivity index (χ1n) is 15.4. The molecule has 0 saturated carbocycles. The average molecular weight is 639 g/mol. The predicted octanol–water partition coefficient (Wildman–Crippen LogP) is 10.2. The summed E-state index contributed by atoms with van der Waals surface area (Å²) in [4.78, 5) is 14.1. The van der Waals surface area contributed by atoms with Gasteiger partial charge in [-0.3, -0.25) is 9.97 Å². The number of benzene rings is 4. The standard InChI is InChI=1S/C39H22N6O2S/c1-4-10-25-24(9-1)21-46-39(25)37-35-28(43-38(37)33-18-23-8-3-6-12-32(23)48-33)19-26(29-20-40-15-16-41-29)34(27-13-14-42-45-44-27)36(35)31-17-22-7-2-5-11-30(22)47-31/h1-21,43H. The Bertz CT molecular complexity index is 2730. The lowest BCUT2D eigenvalue weighted by Crippen LogP contribution is -1.97. The SMILES string of the molecule is c1ccc2oc(-c3c(-c4ccnnn4)c(-c4cnccn4)cc4[nH]c(-c5cc6ccccc6s5)c(-c5occ6ccccc56)c34)cc2c1. The lowest BCUT2D eigenvalue weighted by molar-refractivity contribution is 0.588. The molecule has 48 heavy (non-hydrogen) atoms. The van der Waals surface area contributed by atoms with Crippen molar-refractivity contribution < 1.29 is 8.83 Å². The van der Waals surface area contributed by atoms with Crippen LogP contribution in [0.2, 0.25) is 0 Å². The number of aromatic amines is 1. The number of thiophene rings is 1. The number of furan rings is 2. The summed E-state index contributed by atoms with van der Waals surface area (Å²) in [7, 11) is 0. The molecule has 0 aliphatic carbocycles. The molecule has 0 fully saturated rings. The van der Waals surface area contributed by atoms with Gasteiger partial charge < -0.3 is 13.8 Å². The molecule has 0 atom stereocenters. The summed E-state index contributed by atoms with van der Waals surface area (Å²) >= 11 is 1.74. The van der Waals surface area contributed by atoms with Crippen molar-refractivity contribution >= 4 is 54.1 Å². The second-order valence-electron chi connectivity index (χ2n) is 11.5. The number of hydrogen-bond donors (Lipinski definition) is 1. The van der Waals surface area contributed by atoms with E-state index in [-0.39, 0.29) is 0 Å². The van der Waals surface area contributed by atoms with E-state index in [0.29, 0.717) is 17.1 Å². The van der Waals surface area contributed by atoms with Gasteiger partial charge in [0.05, 0.1) is 46.2 Å². The summed E-state index contributed by atoms with van der Waals surface area (Å²) in [5, 5.41) is 17.7. The van der Waals surface area contributed by atoms with Gasteiger partial charge in [-0.05, 0) is 47.0 Å². The van der Waals surface area contributed by atoms with Crippen LogP contribution in [-0.4, -0.2) is 30.4 Å². The Hall–Kier alpha value is -6.45. The molecule has 9 heteroatoms. The molecule has 0 spiro atoms. The van der Waals surface area contributed by atoms with E-state index in [1.165, 1.54) is 10.1 Å². The largest absolute Gasteiger partial charge is 0.463 e. The minimum absolute atomic E-state index is 0.628. The molecule has 1 N–H and O–H groups in total. The number of H-pyrrole nitrogens is 1. The third-order valence-corrected chi connectivity index (χ3v) is 9.90. The highest BCUT2D eigenvalue weighted by Gasteiger charge is 2.30. The van der Waals surface area contributed by atoms with Gasteiger partial charge in [0.15, 0.2) is 0 Å². The molecular formula is C39H22N6O2S. The van der Waals surface area contributed by atoms with Crippen molar-refractivity contribution in [1.82, 2.24) is 30.4 Å². The summed E-state index contributed by atoms with van der Waals surface area (Å²) in [5.41, 5.74) is 7.33. The quantitative estimate of drug-likeness (QED) is 0.200. The van der Waals surface area contributed by atoms with E-state index < -0.39 is 0 Å². The molecular weight excluding hydrogens is 617 g/mol. The second kappa shape index (κ2) is 10.5. The van der Waals surface area contributed by atoms with E-state index in [0.717, 1.165) is 71.2 Å². The minimum Gasteiger partial charge on any atom is -0.463 e. The highest BCUT2D eigenvalue weighted by atomic mass is 32.1. The molecule has 8 nitrogen and oxygen atoms in total. The molecule has 0 saturated heterocycles. The van der Waals surface area contributed by atoms with Gasteiger partial charge in [0, 0.05) is 60.8 Å². The minimum atomic E-state index is 0.628. The number of nitrogens with zero attached hydrogens (tertiary/aromatic N) is 5. The first-order chi connectivity index (χ1) is 23.8. The third kappa shape index (κ3) is 4.11. The number of fused-ring (bicyclic) bond motifs is 4. The monoisotopic (exact) mass is 638 g/mol. The molecule has 10 aromatic rings. The van der Waals surface area contributed by atoms with Crippen LogP contribution in [0.15, 0.2) is 137 Å². The van der Waals surface area contributed by atoms with E-state index in [1.807, 2.05) is 42.7 Å². The third-order valence-electron chi connectivity index (χ3n) is 8.77. The molecule has 6 aromatic heterocycles. The van der Waals surface area contributed by atoms with Crippen LogP contribution in [-0.2, 0) is 0 Å². The van der Waals surface area contributed by atoms with Crippen LogP contribution in [0.4, 0.5) is 0 Å². The zero-order valence-corrected chi connectivity index (χ0v) is 25.9. The maximum Gasteiger partial charge on any atom is 0.144 e. The Morgan fingerprint density at radius 3 is 2.40 bits per heavy atom. The summed E-state index contributed by atoms with van der Waals surface area (Å²) in [6.45, 7) is 0. The Morgan fingerprint density at radius 1 is 0.708 bits per heavy atom. The van der Waals surface area contributed by atoms with Crippen LogP contribution in [0.1, 0.15) is 0 Å². The molecule has 0 amide bonds. The number of hydrogen-bond acceptors (Lipinski definition) is 8. The first-order valence-corrected chi connectivity index (χ1v) is 16.2. The van der Waals surface area contributed by atoms with E-state index >= 15 is 0 Å². The molecule has 0 aliphatic rings. The maximum atomic E-state index is 6.70. The van der Waals surface area contributed by atoms with Crippen molar-refractivity contribution in [2.75, 3.05) is 0 Å². The Kier molecular flexibility index (Phi) is 5.87. The van der Waals surface area contributed by atoms with Crippen LogP contribution in [0, 0.1) is 0 Å². The van der Waals surface area contributed by atoms with E-state index in [4.69, 9.17) is 13.8 Å². The van der Waals surface area contributed by atoms with Crippen molar-refractivity contribution in [1.29, 1.82) is 0 Å². The topological polar surface area (TPSA) is 107 Å². The number of aromatic nitrogens is 6. The lowest BCUT2D eigenvalue weighted by Gasteiger charge is -2.15. The van der Waals surface area contributed by atoms with Crippen molar-refractivity contribution in [2.24, 2.45) is 0 Å². The Balaban J connectivity index is 1.43. The van der Waals surface area contributed by atoms with Crippen LogP contribution >= 0.6 is 11.3 Å². The summed E-state index contributed by atoms with van der Waals surface area (Å²) < 4.78 is 14.4. The number of nitrogens with one attached hydrogen (secondary N) is 1. The number of para-hydroxylation sites is 1. The zero-order valence-electron chi connectivity index (χ0n) is 25.1. The van der Waals surface area contributed by atoms with Crippen molar-refractivity contribution in [3.05, 3.63) is 128 Å². The van der Waals surface area contributed by atoms with Crippen LogP contribution in [0.3, 0.4) is 0 Å². The molecule has 4 aromatic carbocycles. The van der Waals surface area contributed by atoms with E-state index in [9.17, 15) is 0 Å². The highest BCUT2D eigenvalue weighted by molar-refractivity contribution is 7.22. The molecule has 0 bridgehead atoms. The van der Waals surface area contributed by atoms with Gasteiger partial charge in [-0.1, -0.05) is 60.7 Å². The van der Waals surface area contributed by atoms with Gasteiger partial charge in [0.1, 0.15) is 17.1 Å². The molecule has 226 valence electrons. The van der Waals surface area contributed by atoms with Crippen LogP contribution < -0.4 is 0 Å². The van der Waals surface area contributed by atoms with Crippen molar-refractivity contribution in [2.45, 2.75) is 0 Å². The van der Waals surface area contributed by atoms with Crippen molar-refractivity contribution in [3.8, 4) is 55.7 Å². The fourth-order valence-corrected chi connectivity index (χ4v) is 7.77. The predicted molar refractivity (Wildman–Crippen MR) is 189 cm³/mol.